The van der Waals surface area contributed by atoms with Gasteiger partial charge in [0.1, 0.15) is 5.71 Å². The van der Waals surface area contributed by atoms with Gasteiger partial charge in [0.15, 0.2) is 0 Å². The summed E-state index contributed by atoms with van der Waals surface area (Å²) in [6, 6.07) is 19.3. The smallest absolute Gasteiger partial charge is 0.270 e. The van der Waals surface area contributed by atoms with Crippen LogP contribution in [0.3, 0.4) is 0 Å². The van der Waals surface area contributed by atoms with E-state index in [4.69, 9.17) is 0 Å². The van der Waals surface area contributed by atoms with Gasteiger partial charge >= 0.3 is 0 Å². The molecular weight excluding hydrogens is 330 g/mol. The molecule has 0 amide bonds. The lowest BCUT2D eigenvalue weighted by Gasteiger charge is -2.07. The zero-order chi connectivity index (χ0) is 18.1. The van der Waals surface area contributed by atoms with Gasteiger partial charge in [0, 0.05) is 23.3 Å². The van der Waals surface area contributed by atoms with Crippen molar-refractivity contribution < 1.29 is 10.0 Å². The van der Waals surface area contributed by atoms with Gasteiger partial charge in [-0.3, -0.25) is 10.1 Å². The molecule has 0 saturated carbocycles. The fourth-order valence-electron chi connectivity index (χ4n) is 3.00. The van der Waals surface area contributed by atoms with Crippen LogP contribution in [0.15, 0.2) is 76.9 Å². The molecule has 0 bridgehead atoms. The van der Waals surface area contributed by atoms with E-state index < -0.39 is 4.92 Å². The number of nitro groups is 1. The lowest BCUT2D eigenvalue weighted by Crippen LogP contribution is -1.99. The van der Waals surface area contributed by atoms with Crippen LogP contribution in [-0.2, 0) is 0 Å². The second kappa shape index (κ2) is 6.25. The second-order valence-electron chi connectivity index (χ2n) is 5.76. The number of nitro benzene ring substituents is 1. The quantitative estimate of drug-likeness (QED) is 0.324. The Morgan fingerprint density at radius 2 is 1.42 bits per heavy atom. The van der Waals surface area contributed by atoms with Crippen LogP contribution >= 0.6 is 0 Å². The van der Waals surface area contributed by atoms with Gasteiger partial charge in [-0.25, -0.2) is 0 Å². The van der Waals surface area contributed by atoms with E-state index in [9.17, 15) is 15.2 Å². The van der Waals surface area contributed by atoms with Gasteiger partial charge in [0.05, 0.1) is 11.1 Å². The number of non-ortho nitro benzene ring substituents is 1. The molecule has 1 aliphatic rings. The summed E-state index contributed by atoms with van der Waals surface area (Å²) in [5, 5.41) is 31.0. The predicted molar refractivity (Wildman–Crippen MR) is 97.7 cm³/mol. The minimum atomic E-state index is -0.549. The van der Waals surface area contributed by atoms with Crippen LogP contribution in [-0.4, -0.2) is 16.8 Å². The Hall–Kier alpha value is -3.80. The lowest BCUT2D eigenvalue weighted by molar-refractivity contribution is -0.385. The minimum absolute atomic E-state index is 0.128. The van der Waals surface area contributed by atoms with Crippen LogP contribution in [0.1, 0.15) is 16.7 Å². The van der Waals surface area contributed by atoms with Gasteiger partial charge in [0.25, 0.3) is 5.69 Å². The third-order valence-corrected chi connectivity index (χ3v) is 4.21. The van der Waals surface area contributed by atoms with Crippen molar-refractivity contribution in [1.29, 1.82) is 0 Å². The summed E-state index contributed by atoms with van der Waals surface area (Å²) in [5.41, 5.74) is 4.78. The zero-order valence-electron chi connectivity index (χ0n) is 13.5. The van der Waals surface area contributed by atoms with Crippen LogP contribution < -0.4 is 5.11 Å². The summed E-state index contributed by atoms with van der Waals surface area (Å²) >= 11 is 0. The fourth-order valence-corrected chi connectivity index (χ4v) is 3.00. The van der Waals surface area contributed by atoms with Crippen molar-refractivity contribution in [2.75, 3.05) is 0 Å². The topological polar surface area (TPSA) is 90.9 Å². The molecule has 0 aliphatic heterocycles. The average molecular weight is 342 g/mol. The highest BCUT2D eigenvalue weighted by molar-refractivity contribution is 6.24. The van der Waals surface area contributed by atoms with Crippen molar-refractivity contribution >= 4 is 17.6 Å². The minimum Gasteiger partial charge on any atom is -0.872 e. The Morgan fingerprint density at radius 3 is 2.00 bits per heavy atom. The van der Waals surface area contributed by atoms with Crippen molar-refractivity contribution in [2.45, 2.75) is 0 Å². The van der Waals surface area contributed by atoms with Gasteiger partial charge in [-0.15, -0.1) is 5.10 Å². The standard InChI is InChI=1S/C20H13N3O3/c24-19-10-9-14(23(25)26)11-13(19)12-21-22-20-17-7-3-1-5-15(17)16-6-2-4-8-18(16)20/h1-12,24H/p-1/b21-12-. The third kappa shape index (κ3) is 2.63. The van der Waals surface area contributed by atoms with Gasteiger partial charge < -0.3 is 5.11 Å². The SMILES string of the molecule is O=[N+]([O-])c1ccc([O-])c(/C=N\N=C2c3ccccc3-c3ccccc32)c1. The Morgan fingerprint density at radius 1 is 0.846 bits per heavy atom. The highest BCUT2D eigenvalue weighted by Gasteiger charge is 2.23. The van der Waals surface area contributed by atoms with E-state index in [0.717, 1.165) is 28.3 Å². The van der Waals surface area contributed by atoms with E-state index >= 15 is 0 Å². The van der Waals surface area contributed by atoms with Crippen molar-refractivity contribution in [3.63, 3.8) is 0 Å². The molecule has 6 nitrogen and oxygen atoms in total. The maximum absolute atomic E-state index is 11.9. The first-order valence-corrected chi connectivity index (χ1v) is 7.91. The van der Waals surface area contributed by atoms with Crippen LogP contribution in [0, 0.1) is 10.1 Å². The zero-order valence-corrected chi connectivity index (χ0v) is 13.5. The van der Waals surface area contributed by atoms with Crippen molar-refractivity contribution in [1.82, 2.24) is 0 Å². The number of nitrogens with zero attached hydrogens (tertiary/aromatic N) is 3. The summed E-state index contributed by atoms with van der Waals surface area (Å²) in [7, 11) is 0. The maximum atomic E-state index is 11.9. The normalized spacial score (nSPS) is 12.1. The highest BCUT2D eigenvalue weighted by Crippen LogP contribution is 2.36. The molecule has 3 aromatic rings. The van der Waals surface area contributed by atoms with E-state index in [1.807, 2.05) is 48.5 Å². The maximum Gasteiger partial charge on any atom is 0.270 e. The van der Waals surface area contributed by atoms with Crippen LogP contribution in [0.2, 0.25) is 0 Å². The van der Waals surface area contributed by atoms with Gasteiger partial charge in [-0.2, -0.15) is 5.10 Å². The summed E-state index contributed by atoms with van der Waals surface area (Å²) in [6.07, 6.45) is 1.26. The molecule has 126 valence electrons. The average Bonchev–Trinajstić information content (AvgIpc) is 2.97. The number of hydrogen-bond donors (Lipinski definition) is 0. The Labute approximate surface area is 148 Å². The lowest BCUT2D eigenvalue weighted by atomic mass is 10.1. The van der Waals surface area contributed by atoms with E-state index in [0.29, 0.717) is 5.71 Å². The van der Waals surface area contributed by atoms with Crippen molar-refractivity contribution in [3.8, 4) is 16.9 Å². The van der Waals surface area contributed by atoms with E-state index in [2.05, 4.69) is 10.2 Å². The Kier molecular flexibility index (Phi) is 3.78. The van der Waals surface area contributed by atoms with Crippen LogP contribution in [0.4, 0.5) is 5.69 Å². The van der Waals surface area contributed by atoms with Crippen molar-refractivity contribution in [2.24, 2.45) is 10.2 Å². The predicted octanol–water partition coefficient (Wildman–Crippen LogP) is 3.52. The highest BCUT2D eigenvalue weighted by atomic mass is 16.6. The molecule has 1 aliphatic carbocycles. The molecule has 3 aromatic carbocycles. The summed E-state index contributed by atoms with van der Waals surface area (Å²) in [5.74, 6) is -0.341. The summed E-state index contributed by atoms with van der Waals surface area (Å²) in [6.45, 7) is 0. The fraction of sp³-hybridized carbons (Fsp3) is 0. The first-order chi connectivity index (χ1) is 12.6. The molecule has 6 heteroatoms. The molecule has 0 fully saturated rings. The first kappa shape index (κ1) is 15.7. The van der Waals surface area contributed by atoms with E-state index in [-0.39, 0.29) is 17.0 Å². The van der Waals surface area contributed by atoms with Gasteiger partial charge in [0.2, 0.25) is 0 Å². The first-order valence-electron chi connectivity index (χ1n) is 7.91. The van der Waals surface area contributed by atoms with Crippen LogP contribution in [0.25, 0.3) is 11.1 Å². The molecule has 0 atom stereocenters. The van der Waals surface area contributed by atoms with Gasteiger partial charge in [-0.05, 0) is 16.7 Å². The molecule has 0 radical (unpaired) electrons. The Bertz CT molecular complexity index is 1040. The summed E-state index contributed by atoms with van der Waals surface area (Å²) < 4.78 is 0. The van der Waals surface area contributed by atoms with Crippen LogP contribution in [0.5, 0.6) is 5.75 Å². The number of hydrogen-bond acceptors (Lipinski definition) is 5. The van der Waals surface area contributed by atoms with Gasteiger partial charge in [-0.1, -0.05) is 60.3 Å². The molecule has 4 rings (SSSR count). The largest absolute Gasteiger partial charge is 0.872 e. The molecule has 26 heavy (non-hydrogen) atoms. The number of benzene rings is 3. The monoisotopic (exact) mass is 342 g/mol. The molecule has 0 N–H and O–H groups in total. The molecule has 0 spiro atoms. The molecule has 0 unspecified atom stereocenters. The molecule has 0 saturated heterocycles. The van der Waals surface area contributed by atoms with Crippen molar-refractivity contribution in [3.05, 3.63) is 93.5 Å². The molecule has 0 aromatic heterocycles. The Balaban J connectivity index is 1.75. The van der Waals surface area contributed by atoms with E-state index in [1.165, 1.54) is 18.3 Å². The molecular formula is C20H12N3O3-. The number of fused-ring (bicyclic) bond motifs is 3. The molecule has 0 heterocycles. The number of rotatable bonds is 3. The second-order valence-corrected chi connectivity index (χ2v) is 5.76. The third-order valence-electron chi connectivity index (χ3n) is 4.21. The summed E-state index contributed by atoms with van der Waals surface area (Å²) in [4.78, 5) is 10.3. The van der Waals surface area contributed by atoms with E-state index in [1.54, 1.807) is 0 Å².